The third-order valence-corrected chi connectivity index (χ3v) is 5.00. The van der Waals surface area contributed by atoms with Crippen LogP contribution < -0.4 is 15.0 Å². The van der Waals surface area contributed by atoms with Crippen molar-refractivity contribution in [3.05, 3.63) is 36.4 Å². The van der Waals surface area contributed by atoms with Crippen molar-refractivity contribution in [3.63, 3.8) is 0 Å². The molecule has 6 heteroatoms. The van der Waals surface area contributed by atoms with Crippen molar-refractivity contribution in [2.45, 2.75) is 26.1 Å². The molecular formula is C21H25N2O4+. The minimum Gasteiger partial charge on any atom is -0.495 e. The normalized spacial score (nSPS) is 22.9. The van der Waals surface area contributed by atoms with Gasteiger partial charge in [-0.05, 0) is 26.0 Å². The lowest BCUT2D eigenvalue weighted by Gasteiger charge is -2.31. The maximum atomic E-state index is 12.6. The van der Waals surface area contributed by atoms with Gasteiger partial charge < -0.3 is 24.1 Å². The fourth-order valence-electron chi connectivity index (χ4n) is 3.97. The van der Waals surface area contributed by atoms with E-state index in [4.69, 9.17) is 13.9 Å². The summed E-state index contributed by atoms with van der Waals surface area (Å²) in [6.07, 6.45) is 0.330. The molecule has 2 aromatic carbocycles. The van der Waals surface area contributed by atoms with E-state index in [1.807, 2.05) is 50.2 Å². The topological polar surface area (TPSA) is 65.1 Å². The second kappa shape index (κ2) is 7.21. The number of anilines is 1. The largest absolute Gasteiger partial charge is 0.495 e. The molecule has 1 aliphatic rings. The van der Waals surface area contributed by atoms with Gasteiger partial charge in [-0.2, -0.15) is 0 Å². The SMILES string of the molecule is COc1cc2c(cc1NC(=O)C[NH+]1C[C@H](C)O[C@@H](C)C1)oc1ccccc12. The lowest BCUT2D eigenvalue weighted by Crippen LogP contribution is -3.16. The molecule has 0 unspecified atom stereocenters. The number of hydrogen-bond acceptors (Lipinski definition) is 4. The van der Waals surface area contributed by atoms with E-state index < -0.39 is 0 Å². The lowest BCUT2D eigenvalue weighted by molar-refractivity contribution is -0.907. The molecule has 2 N–H and O–H groups in total. The molecule has 0 aliphatic carbocycles. The van der Waals surface area contributed by atoms with Gasteiger partial charge in [-0.1, -0.05) is 18.2 Å². The number of carbonyl (C=O) groups is 1. The van der Waals surface area contributed by atoms with Crippen molar-refractivity contribution in [3.8, 4) is 5.75 Å². The van der Waals surface area contributed by atoms with Crippen molar-refractivity contribution < 1.29 is 23.6 Å². The molecule has 1 saturated heterocycles. The van der Waals surface area contributed by atoms with Gasteiger partial charge in [0.1, 0.15) is 42.2 Å². The summed E-state index contributed by atoms with van der Waals surface area (Å²) in [7, 11) is 1.61. The number of hydrogen-bond donors (Lipinski definition) is 2. The van der Waals surface area contributed by atoms with Crippen molar-refractivity contribution in [2.24, 2.45) is 0 Å². The number of para-hydroxylation sites is 1. The molecule has 0 spiro atoms. The molecule has 2 atom stereocenters. The Morgan fingerprint density at radius 2 is 1.89 bits per heavy atom. The Labute approximate surface area is 158 Å². The fourth-order valence-corrected chi connectivity index (χ4v) is 3.97. The first-order valence-electron chi connectivity index (χ1n) is 9.31. The van der Waals surface area contributed by atoms with Gasteiger partial charge in [0.15, 0.2) is 6.54 Å². The fraction of sp³-hybridized carbons (Fsp3) is 0.381. The Kier molecular flexibility index (Phi) is 4.76. The second-order valence-corrected chi connectivity index (χ2v) is 7.29. The highest BCUT2D eigenvalue weighted by Gasteiger charge is 2.27. The Morgan fingerprint density at radius 1 is 1.15 bits per heavy atom. The third kappa shape index (κ3) is 3.63. The number of fused-ring (bicyclic) bond motifs is 3. The van der Waals surface area contributed by atoms with E-state index in [0.29, 0.717) is 18.0 Å². The van der Waals surface area contributed by atoms with E-state index in [2.05, 4.69) is 5.32 Å². The van der Waals surface area contributed by atoms with Crippen LogP contribution in [-0.2, 0) is 9.53 Å². The van der Waals surface area contributed by atoms with Crippen LogP contribution in [0.25, 0.3) is 21.9 Å². The second-order valence-electron chi connectivity index (χ2n) is 7.29. The van der Waals surface area contributed by atoms with Gasteiger partial charge in [0.25, 0.3) is 5.91 Å². The molecule has 0 radical (unpaired) electrons. The molecule has 1 fully saturated rings. The Balaban J connectivity index is 1.57. The zero-order valence-corrected chi connectivity index (χ0v) is 15.9. The van der Waals surface area contributed by atoms with Crippen molar-refractivity contribution in [1.82, 2.24) is 0 Å². The summed E-state index contributed by atoms with van der Waals surface area (Å²) in [6, 6.07) is 11.6. The monoisotopic (exact) mass is 369 g/mol. The minimum atomic E-state index is -0.0416. The Bertz CT molecular complexity index is 971. The van der Waals surface area contributed by atoms with Gasteiger partial charge in [0, 0.05) is 16.8 Å². The number of morpholine rings is 1. The number of rotatable bonds is 4. The van der Waals surface area contributed by atoms with Crippen LogP contribution in [0, 0.1) is 0 Å². The average molecular weight is 369 g/mol. The third-order valence-electron chi connectivity index (χ3n) is 5.00. The first-order chi connectivity index (χ1) is 13.0. The average Bonchev–Trinajstić information content (AvgIpc) is 2.97. The number of quaternary nitrogens is 1. The van der Waals surface area contributed by atoms with Crippen LogP contribution in [-0.4, -0.2) is 44.9 Å². The standard InChI is InChI=1S/C21H24N2O4/c1-13-10-23(11-14(2)26-13)12-21(24)22-17-9-19-16(8-20(17)25-3)15-6-4-5-7-18(15)27-19/h4-9,13-14H,10-12H2,1-3H3,(H,22,24)/p+1/t13-,14-/m0/s1. The van der Waals surface area contributed by atoms with Crippen molar-refractivity contribution in [1.29, 1.82) is 0 Å². The van der Waals surface area contributed by atoms with Crippen LogP contribution >= 0.6 is 0 Å². The zero-order valence-electron chi connectivity index (χ0n) is 15.9. The first-order valence-corrected chi connectivity index (χ1v) is 9.31. The van der Waals surface area contributed by atoms with Gasteiger partial charge in [-0.3, -0.25) is 4.79 Å². The van der Waals surface area contributed by atoms with Crippen LogP contribution in [0.15, 0.2) is 40.8 Å². The van der Waals surface area contributed by atoms with Gasteiger partial charge in [-0.25, -0.2) is 0 Å². The molecule has 1 amide bonds. The van der Waals surface area contributed by atoms with Crippen LogP contribution in [0.4, 0.5) is 5.69 Å². The van der Waals surface area contributed by atoms with Gasteiger partial charge in [0.05, 0.1) is 12.8 Å². The van der Waals surface area contributed by atoms with E-state index in [9.17, 15) is 4.79 Å². The molecular weight excluding hydrogens is 344 g/mol. The first kappa shape index (κ1) is 17.8. The summed E-state index contributed by atoms with van der Waals surface area (Å²) >= 11 is 0. The highest BCUT2D eigenvalue weighted by atomic mass is 16.5. The highest BCUT2D eigenvalue weighted by molar-refractivity contribution is 6.07. The molecule has 0 saturated carbocycles. The van der Waals surface area contributed by atoms with Gasteiger partial charge >= 0.3 is 0 Å². The Hall–Kier alpha value is -2.57. The van der Waals surface area contributed by atoms with E-state index >= 15 is 0 Å². The van der Waals surface area contributed by atoms with Crippen LogP contribution in [0.5, 0.6) is 5.75 Å². The highest BCUT2D eigenvalue weighted by Crippen LogP contribution is 2.36. The van der Waals surface area contributed by atoms with Gasteiger partial charge in [0.2, 0.25) is 0 Å². The summed E-state index contributed by atoms with van der Waals surface area (Å²) in [4.78, 5) is 13.8. The van der Waals surface area contributed by atoms with Crippen LogP contribution in [0.3, 0.4) is 0 Å². The van der Waals surface area contributed by atoms with E-state index in [-0.39, 0.29) is 18.1 Å². The zero-order chi connectivity index (χ0) is 19.0. The van der Waals surface area contributed by atoms with Gasteiger partial charge in [-0.15, -0.1) is 0 Å². The van der Waals surface area contributed by atoms with Crippen LogP contribution in [0.1, 0.15) is 13.8 Å². The van der Waals surface area contributed by atoms with E-state index in [0.717, 1.165) is 35.0 Å². The van der Waals surface area contributed by atoms with E-state index in [1.165, 1.54) is 4.90 Å². The summed E-state index contributed by atoms with van der Waals surface area (Å²) in [5.74, 6) is 0.584. The lowest BCUT2D eigenvalue weighted by atomic mass is 10.1. The predicted octanol–water partition coefficient (Wildman–Crippen LogP) is 2.23. The summed E-state index contributed by atoms with van der Waals surface area (Å²) in [6.45, 7) is 6.16. The Morgan fingerprint density at radius 3 is 2.63 bits per heavy atom. The number of benzene rings is 2. The number of carbonyl (C=O) groups excluding carboxylic acids is 1. The maximum Gasteiger partial charge on any atom is 0.279 e. The maximum absolute atomic E-state index is 12.6. The summed E-state index contributed by atoms with van der Waals surface area (Å²) in [5.41, 5.74) is 2.18. The molecule has 27 heavy (non-hydrogen) atoms. The number of nitrogens with one attached hydrogen (secondary N) is 2. The molecule has 142 valence electrons. The van der Waals surface area contributed by atoms with E-state index in [1.54, 1.807) is 7.11 Å². The molecule has 3 aromatic rings. The number of furan rings is 1. The minimum absolute atomic E-state index is 0.0416. The molecule has 1 aliphatic heterocycles. The number of amides is 1. The molecule has 4 rings (SSSR count). The predicted molar refractivity (Wildman–Crippen MR) is 104 cm³/mol. The quantitative estimate of drug-likeness (QED) is 0.740. The summed E-state index contributed by atoms with van der Waals surface area (Å²) in [5, 5.41) is 5.00. The van der Waals surface area contributed by atoms with Crippen LogP contribution in [0.2, 0.25) is 0 Å². The van der Waals surface area contributed by atoms with Crippen molar-refractivity contribution in [2.75, 3.05) is 32.1 Å². The molecule has 0 bridgehead atoms. The molecule has 2 heterocycles. The molecule has 1 aromatic heterocycles. The smallest absolute Gasteiger partial charge is 0.279 e. The molecule has 6 nitrogen and oxygen atoms in total. The summed E-state index contributed by atoms with van der Waals surface area (Å²) < 4.78 is 17.2. The number of ether oxygens (including phenoxy) is 2. The van der Waals surface area contributed by atoms with Crippen molar-refractivity contribution >= 4 is 33.5 Å². The number of methoxy groups -OCH3 is 1.